The number of phosphoric acid groups is 2. The third-order valence-electron chi connectivity index (χ3n) is 12.1. The molecule has 1 unspecified atom stereocenters. The van der Waals surface area contributed by atoms with Crippen molar-refractivity contribution >= 4 is 27.6 Å². The summed E-state index contributed by atoms with van der Waals surface area (Å²) in [6.07, 6.45) is 1.71. The van der Waals surface area contributed by atoms with Crippen LogP contribution in [0.3, 0.4) is 0 Å². The van der Waals surface area contributed by atoms with Gasteiger partial charge in [0, 0.05) is 24.7 Å². The first kappa shape index (κ1) is 60.5. The maximum atomic E-state index is 13.7. The predicted octanol–water partition coefficient (Wildman–Crippen LogP) is 5.33. The standard InChI is InChI=1S/C45H82O19P2/c1-3-5-7-8-9-10-11-12-13-14-15-16-17-18-20-26-39(50)62-33-30-60-38(49)25-22-21-24-34-36(47)29-37(48)35(28-27-32(46)23-19-6-4-2)41(52)44(63-65(55,56)57)45(43(54)42(53)40(34)51)64-66(58,59)61-31-33/h21-22,27-28,32-37,40-48,51-54H,3-20,23-26,29-31H2,1-2H3,(H,58,59)(H2,55,56,57)/b22-21-,28-27+/t32-,33-,34-,35+,36+,37-,40-,41-,42+,43-,44-,45+/m1/s1. The number of fused-ring (bicyclic) bond motifs is 4. The van der Waals surface area contributed by atoms with Crippen molar-refractivity contribution in [2.75, 3.05) is 13.2 Å². The largest absolute Gasteiger partial charge is 0.472 e. The van der Waals surface area contributed by atoms with Crippen molar-refractivity contribution in [1.29, 1.82) is 0 Å². The van der Waals surface area contributed by atoms with Crippen LogP contribution in [0.4, 0.5) is 0 Å². The van der Waals surface area contributed by atoms with E-state index < -0.39 is 120 Å². The van der Waals surface area contributed by atoms with Gasteiger partial charge in [-0.05, 0) is 19.3 Å². The number of hydrogen-bond acceptors (Lipinski definition) is 16. The van der Waals surface area contributed by atoms with Crippen molar-refractivity contribution < 1.29 is 92.2 Å². The number of esters is 2. The highest BCUT2D eigenvalue weighted by atomic mass is 31.2. The van der Waals surface area contributed by atoms with Crippen LogP contribution >= 0.6 is 15.6 Å². The van der Waals surface area contributed by atoms with E-state index in [9.17, 15) is 69.1 Å². The molecule has 2 rings (SSSR count). The van der Waals surface area contributed by atoms with Crippen molar-refractivity contribution in [2.24, 2.45) is 11.8 Å². The highest BCUT2D eigenvalue weighted by Gasteiger charge is 2.51. The van der Waals surface area contributed by atoms with Crippen molar-refractivity contribution in [2.45, 2.75) is 223 Å². The fraction of sp³-hybridized carbons (Fsp3) is 0.867. The molecule has 1 heterocycles. The van der Waals surface area contributed by atoms with Gasteiger partial charge in [-0.3, -0.25) is 23.2 Å². The van der Waals surface area contributed by atoms with Gasteiger partial charge in [0.15, 0.2) is 6.10 Å². The van der Waals surface area contributed by atoms with E-state index in [4.69, 9.17) is 23.0 Å². The number of unbranched alkanes of at least 4 members (excludes halogenated alkanes) is 16. The van der Waals surface area contributed by atoms with Crippen LogP contribution in [-0.4, -0.2) is 137 Å². The van der Waals surface area contributed by atoms with Gasteiger partial charge in [0.05, 0.1) is 43.5 Å². The van der Waals surface area contributed by atoms with Gasteiger partial charge in [0.2, 0.25) is 0 Å². The molecule has 0 amide bonds. The molecule has 2 bridgehead atoms. The second kappa shape index (κ2) is 33.0. The molecule has 0 spiro atoms. The zero-order chi connectivity index (χ0) is 49.1. The topological polar surface area (TPSA) is 317 Å². The highest BCUT2D eigenvalue weighted by Crippen LogP contribution is 2.50. The number of hydrogen-bond donors (Lipinski definition) is 10. The normalized spacial score (nSPS) is 32.1. The Hall–Kier alpha value is -1.64. The third-order valence-corrected chi connectivity index (χ3v) is 13.6. The Labute approximate surface area is 390 Å². The van der Waals surface area contributed by atoms with Gasteiger partial charge >= 0.3 is 27.6 Å². The third kappa shape index (κ3) is 24.8. The molecule has 1 aliphatic carbocycles. The monoisotopic (exact) mass is 988 g/mol. The van der Waals surface area contributed by atoms with Gasteiger partial charge in [-0.15, -0.1) is 0 Å². The Morgan fingerprint density at radius 1 is 0.788 bits per heavy atom. The van der Waals surface area contributed by atoms with E-state index in [1.54, 1.807) is 0 Å². The van der Waals surface area contributed by atoms with Gasteiger partial charge in [0.25, 0.3) is 0 Å². The summed E-state index contributed by atoms with van der Waals surface area (Å²) < 4.78 is 51.9. The van der Waals surface area contributed by atoms with Gasteiger partial charge in [-0.25, -0.2) is 9.13 Å². The zero-order valence-electron chi connectivity index (χ0n) is 39.0. The minimum Gasteiger partial charge on any atom is -0.461 e. The Kier molecular flexibility index (Phi) is 30.3. The van der Waals surface area contributed by atoms with Crippen LogP contribution in [-0.2, 0) is 41.8 Å². The summed E-state index contributed by atoms with van der Waals surface area (Å²) >= 11 is 0. The van der Waals surface area contributed by atoms with Crippen LogP contribution < -0.4 is 0 Å². The number of allylic oxidation sites excluding steroid dienone is 1. The first-order valence-electron chi connectivity index (χ1n) is 24.1. The van der Waals surface area contributed by atoms with Crippen LogP contribution in [0.15, 0.2) is 24.3 Å². The second-order valence-corrected chi connectivity index (χ2v) is 20.4. The molecule has 1 fully saturated rings. The van der Waals surface area contributed by atoms with Crippen LogP contribution in [0.25, 0.3) is 0 Å². The number of cyclic esters (lactones) is 1. The summed E-state index contributed by atoms with van der Waals surface area (Å²) in [5.41, 5.74) is 0. The van der Waals surface area contributed by atoms with Crippen LogP contribution in [0.2, 0.25) is 0 Å². The van der Waals surface area contributed by atoms with E-state index in [1.807, 2.05) is 6.92 Å². The lowest BCUT2D eigenvalue weighted by Crippen LogP contribution is -2.56. The van der Waals surface area contributed by atoms with Crippen molar-refractivity contribution in [3.8, 4) is 0 Å². The smallest absolute Gasteiger partial charge is 0.461 e. The lowest BCUT2D eigenvalue weighted by Gasteiger charge is -2.38. The minimum absolute atomic E-state index is 0.0310. The number of aliphatic hydroxyl groups excluding tert-OH is 7. The van der Waals surface area contributed by atoms with Crippen molar-refractivity contribution in [1.82, 2.24) is 0 Å². The van der Waals surface area contributed by atoms with Gasteiger partial charge in [-0.2, -0.15) is 0 Å². The molecule has 19 nitrogen and oxygen atoms in total. The first-order chi connectivity index (χ1) is 31.3. The highest BCUT2D eigenvalue weighted by molar-refractivity contribution is 7.47. The molecule has 10 N–H and O–H groups in total. The minimum atomic E-state index is -5.76. The fourth-order valence-corrected chi connectivity index (χ4v) is 9.76. The quantitative estimate of drug-likeness (QED) is 0.0239. The molecule has 0 aromatic heterocycles. The number of ether oxygens (including phenoxy) is 2. The van der Waals surface area contributed by atoms with Crippen LogP contribution in [0.5, 0.6) is 0 Å². The molecule has 66 heavy (non-hydrogen) atoms. The number of rotatable bonds is 25. The average Bonchev–Trinajstić information content (AvgIpc) is 3.25. The maximum absolute atomic E-state index is 13.7. The summed E-state index contributed by atoms with van der Waals surface area (Å²) in [6.45, 7) is 2.53. The molecule has 1 saturated carbocycles. The number of phosphoric ester groups is 2. The number of carbonyl (C=O) groups is 2. The van der Waals surface area contributed by atoms with E-state index in [0.29, 0.717) is 12.8 Å². The Morgan fingerprint density at radius 3 is 1.92 bits per heavy atom. The van der Waals surface area contributed by atoms with Gasteiger partial charge < -0.3 is 59.9 Å². The maximum Gasteiger partial charge on any atom is 0.472 e. The zero-order valence-corrected chi connectivity index (χ0v) is 40.7. The summed E-state index contributed by atoms with van der Waals surface area (Å²) in [6, 6.07) is 0. The lowest BCUT2D eigenvalue weighted by atomic mass is 9.83. The molecule has 0 radical (unpaired) electrons. The SMILES string of the molecule is CCCCCCCCCCCCCCCCCC(=O)O[C@@H]1COC(=O)C/C=C\C[C@H]2[C@@H](O)[C@H](O)[C@@H](O)[C@H](OP(=O)(O)OC1)[C@H](OP(=O)(O)O)[C@H](O)[C@@H](/C=C/[C@H](O)CCCCC)[C@H](O)C[C@@H]2O. The Morgan fingerprint density at radius 2 is 1.35 bits per heavy atom. The molecular formula is C45H82O19P2. The van der Waals surface area contributed by atoms with E-state index in [-0.39, 0.29) is 25.7 Å². The molecule has 2 aliphatic rings. The first-order valence-corrected chi connectivity index (χ1v) is 27.2. The van der Waals surface area contributed by atoms with E-state index in [2.05, 4.69) is 6.92 Å². The summed E-state index contributed by atoms with van der Waals surface area (Å²) in [5.74, 6) is -4.74. The Bertz CT molecular complexity index is 1490. The molecule has 13 atom stereocenters. The van der Waals surface area contributed by atoms with Crippen molar-refractivity contribution in [3.05, 3.63) is 24.3 Å². The summed E-state index contributed by atoms with van der Waals surface area (Å²) in [5, 5.41) is 79.4. The fourth-order valence-electron chi connectivity index (χ4n) is 8.23. The number of aliphatic hydroxyl groups is 7. The van der Waals surface area contributed by atoms with E-state index in [1.165, 1.54) is 76.0 Å². The van der Waals surface area contributed by atoms with E-state index >= 15 is 0 Å². The van der Waals surface area contributed by atoms with Crippen LogP contribution in [0, 0.1) is 11.8 Å². The number of carbonyl (C=O) groups excluding carboxylic acids is 2. The van der Waals surface area contributed by atoms with Crippen molar-refractivity contribution in [3.63, 3.8) is 0 Å². The van der Waals surface area contributed by atoms with Gasteiger partial charge in [-0.1, -0.05) is 147 Å². The molecule has 21 heteroatoms. The molecule has 0 aromatic carbocycles. The molecular weight excluding hydrogens is 906 g/mol. The van der Waals surface area contributed by atoms with Crippen LogP contribution in [0.1, 0.15) is 162 Å². The summed E-state index contributed by atoms with van der Waals surface area (Å²) in [7, 11) is -11.4. The molecule has 386 valence electrons. The predicted molar refractivity (Wildman–Crippen MR) is 243 cm³/mol. The lowest BCUT2D eigenvalue weighted by molar-refractivity contribution is -0.165. The molecule has 0 aromatic rings. The Balaban J connectivity index is 2.30. The molecule has 0 saturated heterocycles. The second-order valence-electron chi connectivity index (χ2n) is 17.8. The summed E-state index contributed by atoms with van der Waals surface area (Å²) in [4.78, 5) is 56.6. The molecule has 1 aliphatic heterocycles. The van der Waals surface area contributed by atoms with E-state index in [0.717, 1.165) is 51.0 Å². The van der Waals surface area contributed by atoms with Gasteiger partial charge in [0.1, 0.15) is 31.0 Å². The average molecular weight is 989 g/mol.